The molecule has 0 fully saturated rings. The molecule has 0 saturated carbocycles. The number of hydrogen-bond donors (Lipinski definition) is 2. The quantitative estimate of drug-likeness (QED) is 0.781. The van der Waals surface area contributed by atoms with Gasteiger partial charge >= 0.3 is 0 Å². The summed E-state index contributed by atoms with van der Waals surface area (Å²) in [7, 11) is 1.59. The molecule has 0 aliphatic heterocycles. The minimum atomic E-state index is -0.448. The standard InChI is InChI=1S/C12H18INO2/c1-9(14-7-12(15)8-16-2)10-3-5-11(13)6-4-10/h3-6,9,12,14-15H,7-8H2,1-2H3. The highest BCUT2D eigenvalue weighted by Gasteiger charge is 2.08. The molecule has 1 rings (SSSR count). The average Bonchev–Trinajstić information content (AvgIpc) is 2.27. The molecule has 0 aliphatic rings. The van der Waals surface area contributed by atoms with Crippen molar-refractivity contribution in [3.05, 3.63) is 33.4 Å². The van der Waals surface area contributed by atoms with E-state index < -0.39 is 6.10 Å². The Labute approximate surface area is 110 Å². The molecule has 4 heteroatoms. The van der Waals surface area contributed by atoms with Crippen LogP contribution in [-0.2, 0) is 4.74 Å². The van der Waals surface area contributed by atoms with Gasteiger partial charge in [-0.05, 0) is 47.2 Å². The molecule has 0 aliphatic carbocycles. The molecule has 0 spiro atoms. The molecular formula is C12H18INO2. The van der Waals surface area contributed by atoms with Crippen LogP contribution in [-0.4, -0.2) is 31.5 Å². The number of hydrogen-bond acceptors (Lipinski definition) is 3. The largest absolute Gasteiger partial charge is 0.389 e. The third-order valence-electron chi connectivity index (χ3n) is 2.39. The number of nitrogens with one attached hydrogen (secondary N) is 1. The fraction of sp³-hybridized carbons (Fsp3) is 0.500. The molecule has 3 nitrogen and oxygen atoms in total. The van der Waals surface area contributed by atoms with Crippen LogP contribution in [0.15, 0.2) is 24.3 Å². The Morgan fingerprint density at radius 2 is 2.00 bits per heavy atom. The Kier molecular flexibility index (Phi) is 6.26. The van der Waals surface area contributed by atoms with E-state index in [9.17, 15) is 5.11 Å². The predicted octanol–water partition coefficient (Wildman–Crippen LogP) is 1.95. The predicted molar refractivity (Wildman–Crippen MR) is 73.5 cm³/mol. The number of halogens is 1. The molecule has 0 aromatic heterocycles. The van der Waals surface area contributed by atoms with Crippen LogP contribution in [0.5, 0.6) is 0 Å². The molecule has 0 radical (unpaired) electrons. The van der Waals surface area contributed by atoms with E-state index in [0.29, 0.717) is 13.2 Å². The van der Waals surface area contributed by atoms with Crippen LogP contribution in [0.25, 0.3) is 0 Å². The number of aliphatic hydroxyl groups excluding tert-OH is 1. The van der Waals surface area contributed by atoms with Gasteiger partial charge in [-0.2, -0.15) is 0 Å². The minimum Gasteiger partial charge on any atom is -0.389 e. The summed E-state index contributed by atoms with van der Waals surface area (Å²) in [4.78, 5) is 0. The van der Waals surface area contributed by atoms with Gasteiger partial charge in [-0.25, -0.2) is 0 Å². The molecule has 16 heavy (non-hydrogen) atoms. The maximum atomic E-state index is 9.50. The lowest BCUT2D eigenvalue weighted by atomic mass is 10.1. The van der Waals surface area contributed by atoms with Crippen LogP contribution < -0.4 is 5.32 Å². The second-order valence-electron chi connectivity index (χ2n) is 3.79. The second kappa shape index (κ2) is 7.21. The fourth-order valence-electron chi connectivity index (χ4n) is 1.43. The summed E-state index contributed by atoms with van der Waals surface area (Å²) in [6.07, 6.45) is -0.448. The van der Waals surface area contributed by atoms with Crippen molar-refractivity contribution in [2.45, 2.75) is 19.1 Å². The molecule has 2 N–H and O–H groups in total. The SMILES string of the molecule is COCC(O)CNC(C)c1ccc(I)cc1. The third-order valence-corrected chi connectivity index (χ3v) is 3.11. The molecule has 1 aromatic carbocycles. The van der Waals surface area contributed by atoms with Gasteiger partial charge in [-0.15, -0.1) is 0 Å². The summed E-state index contributed by atoms with van der Waals surface area (Å²) in [5.74, 6) is 0. The molecule has 90 valence electrons. The number of methoxy groups -OCH3 is 1. The first-order valence-corrected chi connectivity index (χ1v) is 6.37. The highest BCUT2D eigenvalue weighted by atomic mass is 127. The van der Waals surface area contributed by atoms with Gasteiger partial charge < -0.3 is 15.2 Å². The van der Waals surface area contributed by atoms with Crippen molar-refractivity contribution in [3.8, 4) is 0 Å². The Morgan fingerprint density at radius 1 is 1.38 bits per heavy atom. The second-order valence-corrected chi connectivity index (χ2v) is 5.04. The van der Waals surface area contributed by atoms with Crippen molar-refractivity contribution in [1.29, 1.82) is 0 Å². The van der Waals surface area contributed by atoms with E-state index in [0.717, 1.165) is 0 Å². The first kappa shape index (κ1) is 13.9. The van der Waals surface area contributed by atoms with Crippen LogP contribution >= 0.6 is 22.6 Å². The first-order valence-electron chi connectivity index (χ1n) is 5.29. The summed E-state index contributed by atoms with van der Waals surface area (Å²) in [5, 5.41) is 12.8. The average molecular weight is 335 g/mol. The molecule has 1 aromatic rings. The normalized spacial score (nSPS) is 14.8. The molecule has 2 atom stereocenters. The zero-order valence-corrected chi connectivity index (χ0v) is 11.8. The highest BCUT2D eigenvalue weighted by molar-refractivity contribution is 14.1. The van der Waals surface area contributed by atoms with Gasteiger partial charge in [0, 0.05) is 23.3 Å². The minimum absolute atomic E-state index is 0.239. The van der Waals surface area contributed by atoms with Crippen LogP contribution in [0.1, 0.15) is 18.5 Å². The Bertz CT molecular complexity index is 302. The van der Waals surface area contributed by atoms with Gasteiger partial charge in [0.1, 0.15) is 0 Å². The number of aliphatic hydroxyl groups is 1. The van der Waals surface area contributed by atoms with E-state index in [-0.39, 0.29) is 6.04 Å². The maximum absolute atomic E-state index is 9.50. The number of rotatable bonds is 6. The van der Waals surface area contributed by atoms with Gasteiger partial charge in [-0.3, -0.25) is 0 Å². The smallest absolute Gasteiger partial charge is 0.0897 e. The van der Waals surface area contributed by atoms with Gasteiger partial charge in [0.25, 0.3) is 0 Å². The van der Waals surface area contributed by atoms with E-state index >= 15 is 0 Å². The molecule has 0 bridgehead atoms. The van der Waals surface area contributed by atoms with Gasteiger partial charge in [0.2, 0.25) is 0 Å². The molecule has 0 saturated heterocycles. The van der Waals surface area contributed by atoms with Crippen LogP contribution in [0.4, 0.5) is 0 Å². The molecular weight excluding hydrogens is 317 g/mol. The lowest BCUT2D eigenvalue weighted by Gasteiger charge is -2.17. The van der Waals surface area contributed by atoms with Crippen molar-refractivity contribution in [2.75, 3.05) is 20.3 Å². The molecule has 0 heterocycles. The van der Waals surface area contributed by atoms with Crippen LogP contribution in [0, 0.1) is 3.57 Å². The van der Waals surface area contributed by atoms with E-state index in [4.69, 9.17) is 4.74 Å². The Hall–Kier alpha value is -0.170. The summed E-state index contributed by atoms with van der Waals surface area (Å²) in [5.41, 5.74) is 1.23. The zero-order chi connectivity index (χ0) is 12.0. The lowest BCUT2D eigenvalue weighted by molar-refractivity contribution is 0.0630. The monoisotopic (exact) mass is 335 g/mol. The van der Waals surface area contributed by atoms with Gasteiger partial charge in [-0.1, -0.05) is 12.1 Å². The Balaban J connectivity index is 2.40. The topological polar surface area (TPSA) is 41.5 Å². The van der Waals surface area contributed by atoms with E-state index in [1.165, 1.54) is 9.13 Å². The summed E-state index contributed by atoms with van der Waals surface area (Å²) < 4.78 is 6.10. The number of ether oxygens (including phenoxy) is 1. The maximum Gasteiger partial charge on any atom is 0.0897 e. The molecule has 0 amide bonds. The highest BCUT2D eigenvalue weighted by Crippen LogP contribution is 2.14. The molecule has 2 unspecified atom stereocenters. The summed E-state index contributed by atoms with van der Waals surface area (Å²) >= 11 is 2.29. The number of benzene rings is 1. The van der Waals surface area contributed by atoms with E-state index in [2.05, 4.69) is 59.1 Å². The lowest BCUT2D eigenvalue weighted by Crippen LogP contribution is -2.31. The fourth-order valence-corrected chi connectivity index (χ4v) is 1.79. The summed E-state index contributed by atoms with van der Waals surface area (Å²) in [6.45, 7) is 3.00. The van der Waals surface area contributed by atoms with Crippen LogP contribution in [0.2, 0.25) is 0 Å². The van der Waals surface area contributed by atoms with E-state index in [1.54, 1.807) is 7.11 Å². The van der Waals surface area contributed by atoms with Crippen molar-refractivity contribution < 1.29 is 9.84 Å². The van der Waals surface area contributed by atoms with Crippen LogP contribution in [0.3, 0.4) is 0 Å². The first-order chi connectivity index (χ1) is 7.63. The van der Waals surface area contributed by atoms with Crippen molar-refractivity contribution >= 4 is 22.6 Å². The van der Waals surface area contributed by atoms with Gasteiger partial charge in [0.15, 0.2) is 0 Å². The zero-order valence-electron chi connectivity index (χ0n) is 9.61. The van der Waals surface area contributed by atoms with E-state index in [1.807, 2.05) is 0 Å². The third kappa shape index (κ3) is 4.78. The van der Waals surface area contributed by atoms with Crippen molar-refractivity contribution in [2.24, 2.45) is 0 Å². The Morgan fingerprint density at radius 3 is 2.56 bits per heavy atom. The summed E-state index contributed by atoms with van der Waals surface area (Å²) in [6, 6.07) is 8.60. The van der Waals surface area contributed by atoms with Gasteiger partial charge in [0.05, 0.1) is 12.7 Å². The van der Waals surface area contributed by atoms with Crippen molar-refractivity contribution in [3.63, 3.8) is 0 Å². The van der Waals surface area contributed by atoms with Crippen molar-refractivity contribution in [1.82, 2.24) is 5.32 Å².